The molecule has 35 heavy (non-hydrogen) atoms. The number of nitrogens with zero attached hydrogens (tertiary/aromatic N) is 2. The minimum Gasteiger partial charge on any atom is -0.497 e. The van der Waals surface area contributed by atoms with E-state index in [1.54, 1.807) is 54.4 Å². The van der Waals surface area contributed by atoms with Crippen molar-refractivity contribution in [2.24, 2.45) is 0 Å². The highest BCUT2D eigenvalue weighted by atomic mass is 16.5. The zero-order valence-electron chi connectivity index (χ0n) is 20.1. The summed E-state index contributed by atoms with van der Waals surface area (Å²) in [6.07, 6.45) is 0.793. The first-order valence-corrected chi connectivity index (χ1v) is 11.4. The van der Waals surface area contributed by atoms with Gasteiger partial charge in [0.25, 0.3) is 5.91 Å². The molecular weight excluding hydrogens is 446 g/mol. The fraction of sp³-hybridized carbons (Fsp3) is 0.259. The van der Waals surface area contributed by atoms with Crippen LogP contribution in [0.5, 0.6) is 17.2 Å². The van der Waals surface area contributed by atoms with E-state index in [2.05, 4.69) is 5.32 Å². The number of methoxy groups -OCH3 is 3. The molecule has 0 aliphatic carbocycles. The second-order valence-electron chi connectivity index (χ2n) is 8.10. The Balaban J connectivity index is 1.56. The van der Waals surface area contributed by atoms with Crippen LogP contribution in [0.15, 0.2) is 66.7 Å². The maximum absolute atomic E-state index is 13.5. The van der Waals surface area contributed by atoms with Crippen LogP contribution in [0, 0.1) is 0 Å². The van der Waals surface area contributed by atoms with Crippen LogP contribution in [0.2, 0.25) is 0 Å². The molecule has 0 bridgehead atoms. The summed E-state index contributed by atoms with van der Waals surface area (Å²) in [6, 6.07) is 19.8. The number of para-hydroxylation sites is 3. The van der Waals surface area contributed by atoms with E-state index in [9.17, 15) is 9.59 Å². The zero-order valence-corrected chi connectivity index (χ0v) is 20.1. The van der Waals surface area contributed by atoms with Gasteiger partial charge in [0, 0.05) is 25.7 Å². The lowest BCUT2D eigenvalue weighted by molar-refractivity contribution is 0.102. The van der Waals surface area contributed by atoms with Crippen LogP contribution in [-0.4, -0.2) is 51.3 Å². The normalized spacial score (nSPS) is 13.4. The summed E-state index contributed by atoms with van der Waals surface area (Å²) in [4.78, 5) is 30.0. The lowest BCUT2D eigenvalue weighted by Crippen LogP contribution is -2.49. The van der Waals surface area contributed by atoms with Gasteiger partial charge in [0.2, 0.25) is 0 Å². The first-order chi connectivity index (χ1) is 17.0. The summed E-state index contributed by atoms with van der Waals surface area (Å²) in [6.45, 7) is 1.60. The Morgan fingerprint density at radius 1 is 0.886 bits per heavy atom. The number of amides is 3. The van der Waals surface area contributed by atoms with Gasteiger partial charge in [-0.25, -0.2) is 4.79 Å². The molecule has 3 aromatic rings. The van der Waals surface area contributed by atoms with Crippen molar-refractivity contribution in [1.29, 1.82) is 0 Å². The molecular formula is C27H29N3O5. The lowest BCUT2D eigenvalue weighted by Gasteiger charge is -2.36. The molecule has 0 aromatic heterocycles. The Labute approximate surface area is 205 Å². The van der Waals surface area contributed by atoms with E-state index in [4.69, 9.17) is 14.2 Å². The van der Waals surface area contributed by atoms with E-state index in [0.29, 0.717) is 53.8 Å². The van der Waals surface area contributed by atoms with Gasteiger partial charge in [-0.2, -0.15) is 0 Å². The van der Waals surface area contributed by atoms with Crippen LogP contribution in [0.1, 0.15) is 22.3 Å². The largest absolute Gasteiger partial charge is 0.497 e. The number of carbonyl (C=O) groups is 2. The van der Waals surface area contributed by atoms with Crippen molar-refractivity contribution in [3.05, 3.63) is 77.9 Å². The van der Waals surface area contributed by atoms with Crippen molar-refractivity contribution in [2.45, 2.75) is 13.0 Å². The number of anilines is 2. The molecule has 3 amide bonds. The van der Waals surface area contributed by atoms with Gasteiger partial charge in [-0.1, -0.05) is 24.3 Å². The number of nitrogens with one attached hydrogen (secondary N) is 1. The molecule has 1 aliphatic rings. The fourth-order valence-corrected chi connectivity index (χ4v) is 4.17. The van der Waals surface area contributed by atoms with Gasteiger partial charge in [0.05, 0.1) is 38.3 Å². The van der Waals surface area contributed by atoms with Gasteiger partial charge in [-0.15, -0.1) is 0 Å². The molecule has 8 nitrogen and oxygen atoms in total. The van der Waals surface area contributed by atoms with Crippen molar-refractivity contribution >= 4 is 23.3 Å². The minimum atomic E-state index is -0.306. The number of hydrogen-bond acceptors (Lipinski definition) is 5. The second-order valence-corrected chi connectivity index (χ2v) is 8.10. The van der Waals surface area contributed by atoms with E-state index in [0.717, 1.165) is 12.0 Å². The van der Waals surface area contributed by atoms with Crippen LogP contribution < -0.4 is 24.4 Å². The van der Waals surface area contributed by atoms with Gasteiger partial charge >= 0.3 is 6.03 Å². The number of hydrogen-bond donors (Lipinski definition) is 1. The third-order valence-electron chi connectivity index (χ3n) is 5.89. The van der Waals surface area contributed by atoms with Gasteiger partial charge in [-0.3, -0.25) is 9.69 Å². The highest BCUT2D eigenvalue weighted by molar-refractivity contribution is 6.09. The highest BCUT2D eigenvalue weighted by Crippen LogP contribution is 2.31. The smallest absolute Gasteiger partial charge is 0.324 e. The van der Waals surface area contributed by atoms with E-state index >= 15 is 0 Å². The third kappa shape index (κ3) is 5.32. The van der Waals surface area contributed by atoms with Crippen LogP contribution >= 0.6 is 0 Å². The monoisotopic (exact) mass is 475 g/mol. The van der Waals surface area contributed by atoms with E-state index in [1.807, 2.05) is 36.4 Å². The standard InChI is InChI=1S/C27H29N3O5/c1-33-20-15-19(16-21(17-20)34-2)18-29-13-8-14-30(27(29)32)24-11-6-5-10-23(24)28-26(31)22-9-4-7-12-25(22)35-3/h4-7,9-12,15-17H,8,13-14,18H2,1-3H3,(H,28,31). The van der Waals surface area contributed by atoms with Crippen LogP contribution in [0.25, 0.3) is 0 Å². The van der Waals surface area contributed by atoms with E-state index in [1.165, 1.54) is 7.11 Å². The topological polar surface area (TPSA) is 80.3 Å². The Morgan fingerprint density at radius 3 is 2.29 bits per heavy atom. The maximum atomic E-state index is 13.5. The molecule has 1 N–H and O–H groups in total. The average Bonchev–Trinajstić information content (AvgIpc) is 2.90. The van der Waals surface area contributed by atoms with Crippen LogP contribution in [0.3, 0.4) is 0 Å². The predicted molar refractivity (Wildman–Crippen MR) is 135 cm³/mol. The van der Waals surface area contributed by atoms with Crippen molar-refractivity contribution < 1.29 is 23.8 Å². The first-order valence-electron chi connectivity index (χ1n) is 11.4. The molecule has 1 fully saturated rings. The molecule has 3 aromatic carbocycles. The Hall–Kier alpha value is -4.20. The van der Waals surface area contributed by atoms with Gasteiger partial charge in [-0.05, 0) is 48.4 Å². The summed E-state index contributed by atoms with van der Waals surface area (Å²) in [5.74, 6) is 1.52. The Kier molecular flexibility index (Phi) is 7.40. The van der Waals surface area contributed by atoms with Crippen LogP contribution in [-0.2, 0) is 6.54 Å². The lowest BCUT2D eigenvalue weighted by atomic mass is 10.1. The summed E-state index contributed by atoms with van der Waals surface area (Å²) < 4.78 is 16.1. The van der Waals surface area contributed by atoms with E-state index < -0.39 is 0 Å². The minimum absolute atomic E-state index is 0.128. The molecule has 0 radical (unpaired) electrons. The first kappa shape index (κ1) is 23.9. The van der Waals surface area contributed by atoms with Gasteiger partial charge in [0.15, 0.2) is 0 Å². The summed E-state index contributed by atoms with van der Waals surface area (Å²) in [7, 11) is 4.73. The molecule has 4 rings (SSSR count). The van der Waals surface area contributed by atoms with Gasteiger partial charge < -0.3 is 24.4 Å². The summed E-state index contributed by atoms with van der Waals surface area (Å²) >= 11 is 0. The maximum Gasteiger partial charge on any atom is 0.324 e. The quantitative estimate of drug-likeness (QED) is 0.506. The second kappa shape index (κ2) is 10.8. The number of benzene rings is 3. The van der Waals surface area contributed by atoms with Crippen molar-refractivity contribution in [3.8, 4) is 17.2 Å². The molecule has 8 heteroatoms. The average molecular weight is 476 g/mol. The molecule has 1 heterocycles. The Bertz CT molecular complexity index is 1190. The summed E-state index contributed by atoms with van der Waals surface area (Å²) in [5, 5.41) is 2.95. The number of carbonyl (C=O) groups excluding carboxylic acids is 2. The molecule has 182 valence electrons. The van der Waals surface area contributed by atoms with Crippen molar-refractivity contribution in [1.82, 2.24) is 4.90 Å². The summed E-state index contributed by atoms with van der Waals surface area (Å²) in [5.41, 5.74) is 2.54. The highest BCUT2D eigenvalue weighted by Gasteiger charge is 2.29. The molecule has 0 unspecified atom stereocenters. The number of rotatable bonds is 8. The Morgan fingerprint density at radius 2 is 1.57 bits per heavy atom. The third-order valence-corrected chi connectivity index (χ3v) is 5.89. The molecule has 1 saturated heterocycles. The predicted octanol–water partition coefficient (Wildman–Crippen LogP) is 4.80. The zero-order chi connectivity index (χ0) is 24.8. The van der Waals surface area contributed by atoms with Crippen LogP contribution in [0.4, 0.5) is 16.2 Å². The SMILES string of the molecule is COc1cc(CN2CCCN(c3ccccc3NC(=O)c3ccccc3OC)C2=O)cc(OC)c1. The number of ether oxygens (including phenoxy) is 3. The molecule has 0 atom stereocenters. The van der Waals surface area contributed by atoms with E-state index in [-0.39, 0.29) is 11.9 Å². The fourth-order valence-electron chi connectivity index (χ4n) is 4.17. The van der Waals surface area contributed by atoms with Gasteiger partial charge in [0.1, 0.15) is 17.2 Å². The number of urea groups is 1. The van der Waals surface area contributed by atoms with Crippen molar-refractivity contribution in [2.75, 3.05) is 44.6 Å². The van der Waals surface area contributed by atoms with Crippen molar-refractivity contribution in [3.63, 3.8) is 0 Å². The molecule has 0 saturated carbocycles. The molecule has 0 spiro atoms. The molecule has 1 aliphatic heterocycles.